The predicted octanol–water partition coefficient (Wildman–Crippen LogP) is 4.49. The number of halogens is 2. The lowest BCUT2D eigenvalue weighted by atomic mass is 10.1. The third kappa shape index (κ3) is 2.81. The van der Waals surface area contributed by atoms with Gasteiger partial charge in [-0.05, 0) is 48.5 Å². The Labute approximate surface area is 121 Å². The quantitative estimate of drug-likeness (QED) is 0.765. The van der Waals surface area contributed by atoms with Gasteiger partial charge in [0.15, 0.2) is 0 Å². The molecule has 0 bridgehead atoms. The second kappa shape index (κ2) is 5.66. The summed E-state index contributed by atoms with van der Waals surface area (Å²) in [6, 6.07) is 10.8. The van der Waals surface area contributed by atoms with Gasteiger partial charge in [-0.15, -0.1) is 0 Å². The van der Waals surface area contributed by atoms with E-state index in [-0.39, 0.29) is 11.6 Å². The largest absolute Gasteiger partial charge is 0.456 e. The van der Waals surface area contributed by atoms with Crippen LogP contribution in [0.5, 0.6) is 0 Å². The number of hydrogen-bond donors (Lipinski definition) is 1. The number of rotatable bonds is 4. The van der Waals surface area contributed by atoms with Gasteiger partial charge in [-0.2, -0.15) is 0 Å². The molecule has 0 unspecified atom stereocenters. The van der Waals surface area contributed by atoms with Gasteiger partial charge in [0, 0.05) is 11.9 Å². The molecule has 1 aromatic heterocycles. The van der Waals surface area contributed by atoms with E-state index in [1.54, 1.807) is 24.3 Å². The first-order valence-electron chi connectivity index (χ1n) is 6.86. The first kappa shape index (κ1) is 13.8. The van der Waals surface area contributed by atoms with Gasteiger partial charge in [0.25, 0.3) is 0 Å². The molecule has 3 aromatic rings. The van der Waals surface area contributed by atoms with Crippen molar-refractivity contribution in [2.24, 2.45) is 0 Å². The first-order valence-corrected chi connectivity index (χ1v) is 6.86. The second-order valence-corrected chi connectivity index (χ2v) is 4.89. The third-order valence-electron chi connectivity index (χ3n) is 3.35. The topological polar surface area (TPSA) is 25.2 Å². The first-order chi connectivity index (χ1) is 10.2. The number of furan rings is 1. The van der Waals surface area contributed by atoms with E-state index in [0.29, 0.717) is 28.8 Å². The van der Waals surface area contributed by atoms with Crippen molar-refractivity contribution in [1.82, 2.24) is 5.32 Å². The van der Waals surface area contributed by atoms with Crippen LogP contribution in [0, 0.1) is 11.6 Å². The molecule has 0 saturated heterocycles. The predicted molar refractivity (Wildman–Crippen MR) is 78.9 cm³/mol. The van der Waals surface area contributed by atoms with Gasteiger partial charge in [-0.1, -0.05) is 13.0 Å². The Morgan fingerprint density at radius 1 is 1.05 bits per heavy atom. The lowest BCUT2D eigenvalue weighted by Gasteiger charge is -2.05. The highest BCUT2D eigenvalue weighted by Gasteiger charge is 2.12. The summed E-state index contributed by atoms with van der Waals surface area (Å²) in [5.41, 5.74) is 1.91. The molecule has 21 heavy (non-hydrogen) atoms. The second-order valence-electron chi connectivity index (χ2n) is 4.89. The van der Waals surface area contributed by atoms with Crippen molar-refractivity contribution in [3.63, 3.8) is 0 Å². The molecule has 0 aliphatic heterocycles. The molecule has 4 heteroatoms. The normalized spacial score (nSPS) is 11.2. The van der Waals surface area contributed by atoms with Gasteiger partial charge in [-0.3, -0.25) is 0 Å². The summed E-state index contributed by atoms with van der Waals surface area (Å²) in [6.45, 7) is 3.52. The van der Waals surface area contributed by atoms with Crippen LogP contribution in [0.25, 0.3) is 22.3 Å². The van der Waals surface area contributed by atoms with Gasteiger partial charge in [0.1, 0.15) is 23.0 Å². The smallest absolute Gasteiger partial charge is 0.138 e. The van der Waals surface area contributed by atoms with Gasteiger partial charge >= 0.3 is 0 Å². The summed E-state index contributed by atoms with van der Waals surface area (Å²) < 4.78 is 32.9. The standard InChI is InChI=1S/C17H15F2NO/c1-2-20-10-11-3-5-15(19)14(7-11)17-9-12-8-13(18)4-6-16(12)21-17/h3-9,20H,2,10H2,1H3. The van der Waals surface area contributed by atoms with Crippen molar-refractivity contribution in [2.45, 2.75) is 13.5 Å². The lowest BCUT2D eigenvalue weighted by molar-refractivity contribution is 0.598. The van der Waals surface area contributed by atoms with Gasteiger partial charge in [0.2, 0.25) is 0 Å². The highest BCUT2D eigenvalue weighted by atomic mass is 19.1. The van der Waals surface area contributed by atoms with Crippen molar-refractivity contribution in [1.29, 1.82) is 0 Å². The number of benzene rings is 2. The maximum atomic E-state index is 14.0. The van der Waals surface area contributed by atoms with Crippen LogP contribution in [0.15, 0.2) is 46.9 Å². The Hall–Kier alpha value is -2.20. The molecule has 3 rings (SSSR count). The number of fused-ring (bicyclic) bond motifs is 1. The molecule has 0 amide bonds. The van der Waals surface area contributed by atoms with Crippen LogP contribution in [0.3, 0.4) is 0 Å². The summed E-state index contributed by atoms with van der Waals surface area (Å²) in [7, 11) is 0. The monoisotopic (exact) mass is 287 g/mol. The van der Waals surface area contributed by atoms with E-state index >= 15 is 0 Å². The van der Waals surface area contributed by atoms with Crippen molar-refractivity contribution >= 4 is 11.0 Å². The fourth-order valence-corrected chi connectivity index (χ4v) is 2.29. The SMILES string of the molecule is CCNCc1ccc(F)c(-c2cc3cc(F)ccc3o2)c1. The van der Waals surface area contributed by atoms with E-state index in [2.05, 4.69) is 5.32 Å². The van der Waals surface area contributed by atoms with E-state index < -0.39 is 0 Å². The zero-order chi connectivity index (χ0) is 14.8. The molecule has 2 nitrogen and oxygen atoms in total. The molecule has 0 saturated carbocycles. The third-order valence-corrected chi connectivity index (χ3v) is 3.35. The molecule has 0 aliphatic carbocycles. The number of nitrogens with one attached hydrogen (secondary N) is 1. The van der Waals surface area contributed by atoms with E-state index in [1.807, 2.05) is 6.92 Å². The van der Waals surface area contributed by atoms with E-state index in [1.165, 1.54) is 18.2 Å². The summed E-state index contributed by atoms with van der Waals surface area (Å²) in [5, 5.41) is 3.82. The summed E-state index contributed by atoms with van der Waals surface area (Å²) >= 11 is 0. The van der Waals surface area contributed by atoms with E-state index in [4.69, 9.17) is 4.42 Å². The van der Waals surface area contributed by atoms with Gasteiger partial charge in [0.05, 0.1) is 5.56 Å². The Kier molecular flexibility index (Phi) is 3.71. The fraction of sp³-hybridized carbons (Fsp3) is 0.176. The molecule has 0 fully saturated rings. The fourth-order valence-electron chi connectivity index (χ4n) is 2.29. The molecular weight excluding hydrogens is 272 g/mol. The zero-order valence-electron chi connectivity index (χ0n) is 11.6. The zero-order valence-corrected chi connectivity index (χ0v) is 11.6. The van der Waals surface area contributed by atoms with Crippen LogP contribution in [0.1, 0.15) is 12.5 Å². The van der Waals surface area contributed by atoms with E-state index in [0.717, 1.165) is 12.1 Å². The van der Waals surface area contributed by atoms with Crippen LogP contribution in [0.2, 0.25) is 0 Å². The minimum Gasteiger partial charge on any atom is -0.456 e. The van der Waals surface area contributed by atoms with Crippen LogP contribution in [-0.2, 0) is 6.54 Å². The van der Waals surface area contributed by atoms with Crippen molar-refractivity contribution < 1.29 is 13.2 Å². The molecule has 1 heterocycles. The van der Waals surface area contributed by atoms with Crippen molar-refractivity contribution in [3.8, 4) is 11.3 Å². The summed E-state index contributed by atoms with van der Waals surface area (Å²) in [5.74, 6) is -0.280. The van der Waals surface area contributed by atoms with Crippen LogP contribution >= 0.6 is 0 Å². The molecule has 108 valence electrons. The molecule has 2 aromatic carbocycles. The highest BCUT2D eigenvalue weighted by Crippen LogP contribution is 2.30. The molecule has 0 radical (unpaired) electrons. The van der Waals surface area contributed by atoms with Gasteiger partial charge < -0.3 is 9.73 Å². The van der Waals surface area contributed by atoms with Gasteiger partial charge in [-0.25, -0.2) is 8.78 Å². The average Bonchev–Trinajstić information content (AvgIpc) is 2.89. The molecule has 0 atom stereocenters. The van der Waals surface area contributed by atoms with Crippen LogP contribution in [0.4, 0.5) is 8.78 Å². The van der Waals surface area contributed by atoms with Crippen LogP contribution in [-0.4, -0.2) is 6.54 Å². The molecule has 0 spiro atoms. The summed E-state index contributed by atoms with van der Waals surface area (Å²) in [6.07, 6.45) is 0. The summed E-state index contributed by atoms with van der Waals surface area (Å²) in [4.78, 5) is 0. The minimum absolute atomic E-state index is 0.337. The lowest BCUT2D eigenvalue weighted by Crippen LogP contribution is -2.11. The van der Waals surface area contributed by atoms with Crippen LogP contribution < -0.4 is 5.32 Å². The maximum Gasteiger partial charge on any atom is 0.138 e. The molecular formula is C17H15F2NO. The Morgan fingerprint density at radius 3 is 2.71 bits per heavy atom. The Bertz CT molecular complexity index is 780. The minimum atomic E-state index is -0.352. The Balaban J connectivity index is 2.04. The van der Waals surface area contributed by atoms with Crippen molar-refractivity contribution in [2.75, 3.05) is 6.54 Å². The number of hydrogen-bond acceptors (Lipinski definition) is 2. The average molecular weight is 287 g/mol. The Morgan fingerprint density at radius 2 is 1.90 bits per heavy atom. The maximum absolute atomic E-state index is 14.0. The van der Waals surface area contributed by atoms with E-state index in [9.17, 15) is 8.78 Å². The molecule has 1 N–H and O–H groups in total. The van der Waals surface area contributed by atoms with Crippen molar-refractivity contribution in [3.05, 3.63) is 59.7 Å². The molecule has 0 aliphatic rings. The highest BCUT2D eigenvalue weighted by molar-refractivity contribution is 5.83.